The van der Waals surface area contributed by atoms with Crippen LogP contribution in [-0.2, 0) is 4.79 Å². The molecule has 1 aliphatic rings. The zero-order valence-corrected chi connectivity index (χ0v) is 14.1. The summed E-state index contributed by atoms with van der Waals surface area (Å²) in [5.74, 6) is 1.03. The summed E-state index contributed by atoms with van der Waals surface area (Å²) in [7, 11) is 0. The number of rotatable bonds is 6. The molecule has 1 heterocycles. The molecule has 1 fully saturated rings. The number of carbonyl (C=O) groups is 1. The topological polar surface area (TPSA) is 55.6 Å². The van der Waals surface area contributed by atoms with Crippen LogP contribution in [0.5, 0.6) is 5.75 Å². The van der Waals surface area contributed by atoms with E-state index in [2.05, 4.69) is 22.9 Å². The van der Waals surface area contributed by atoms with E-state index in [1.54, 1.807) is 0 Å². The standard InChI is InChI=1S/C16H23BrN2O2/c1-16(11-18)8-9-19(12-16)15(20)7-4-10-21-14-6-3-2-5-13(14)17/h2-3,5-6H,4,7-12,18H2,1H3. The Morgan fingerprint density at radius 1 is 1.48 bits per heavy atom. The van der Waals surface area contributed by atoms with Crippen molar-refractivity contribution in [3.05, 3.63) is 28.7 Å². The first kappa shape index (κ1) is 16.3. The van der Waals surface area contributed by atoms with Crippen LogP contribution in [-0.4, -0.2) is 37.0 Å². The van der Waals surface area contributed by atoms with Gasteiger partial charge in [-0.1, -0.05) is 19.1 Å². The molecule has 1 atom stereocenters. The number of para-hydroxylation sites is 1. The van der Waals surface area contributed by atoms with Gasteiger partial charge in [-0.2, -0.15) is 0 Å². The number of hydrogen-bond acceptors (Lipinski definition) is 3. The Morgan fingerprint density at radius 3 is 2.90 bits per heavy atom. The summed E-state index contributed by atoms with van der Waals surface area (Å²) in [6, 6.07) is 7.74. The third-order valence-electron chi connectivity index (χ3n) is 4.03. The van der Waals surface area contributed by atoms with Gasteiger partial charge in [-0.3, -0.25) is 4.79 Å². The predicted molar refractivity (Wildman–Crippen MR) is 87.2 cm³/mol. The molecule has 4 nitrogen and oxygen atoms in total. The molecule has 5 heteroatoms. The maximum absolute atomic E-state index is 12.1. The van der Waals surface area contributed by atoms with E-state index in [0.29, 0.717) is 19.6 Å². The molecule has 2 N–H and O–H groups in total. The normalized spacial score (nSPS) is 21.6. The first-order valence-electron chi connectivity index (χ1n) is 7.39. The molecule has 1 aromatic rings. The van der Waals surface area contributed by atoms with E-state index in [0.717, 1.165) is 36.2 Å². The highest BCUT2D eigenvalue weighted by atomic mass is 79.9. The zero-order valence-electron chi connectivity index (χ0n) is 12.5. The number of ether oxygens (including phenoxy) is 1. The molecular weight excluding hydrogens is 332 g/mol. The fourth-order valence-corrected chi connectivity index (χ4v) is 2.93. The van der Waals surface area contributed by atoms with E-state index in [-0.39, 0.29) is 11.3 Å². The van der Waals surface area contributed by atoms with Crippen LogP contribution in [0.3, 0.4) is 0 Å². The van der Waals surface area contributed by atoms with Crippen molar-refractivity contribution in [2.45, 2.75) is 26.2 Å². The highest BCUT2D eigenvalue weighted by Gasteiger charge is 2.34. The largest absolute Gasteiger partial charge is 0.492 e. The van der Waals surface area contributed by atoms with Gasteiger partial charge in [0.05, 0.1) is 11.1 Å². The van der Waals surface area contributed by atoms with Crippen LogP contribution in [0.25, 0.3) is 0 Å². The van der Waals surface area contributed by atoms with Gasteiger partial charge in [0.1, 0.15) is 5.75 Å². The van der Waals surface area contributed by atoms with Crippen LogP contribution >= 0.6 is 15.9 Å². The molecule has 0 aliphatic carbocycles. The molecule has 0 bridgehead atoms. The van der Waals surface area contributed by atoms with Gasteiger partial charge in [0.25, 0.3) is 0 Å². The number of nitrogens with zero attached hydrogens (tertiary/aromatic N) is 1. The monoisotopic (exact) mass is 354 g/mol. The smallest absolute Gasteiger partial charge is 0.222 e. The lowest BCUT2D eigenvalue weighted by atomic mass is 9.90. The Morgan fingerprint density at radius 2 is 2.24 bits per heavy atom. The minimum atomic E-state index is 0.0983. The number of hydrogen-bond donors (Lipinski definition) is 1. The molecule has 1 amide bonds. The van der Waals surface area contributed by atoms with Crippen LogP contribution in [0.4, 0.5) is 0 Å². The van der Waals surface area contributed by atoms with Gasteiger partial charge in [-0.05, 0) is 52.9 Å². The number of likely N-dealkylation sites (tertiary alicyclic amines) is 1. The molecule has 1 unspecified atom stereocenters. The molecule has 1 aromatic carbocycles. The molecule has 0 saturated carbocycles. The number of carbonyl (C=O) groups excluding carboxylic acids is 1. The summed E-state index contributed by atoms with van der Waals surface area (Å²) in [5, 5.41) is 0. The Kier molecular flexibility index (Phi) is 5.65. The van der Waals surface area contributed by atoms with Crippen LogP contribution in [0, 0.1) is 5.41 Å². The lowest BCUT2D eigenvalue weighted by molar-refractivity contribution is -0.130. The minimum absolute atomic E-state index is 0.0983. The SMILES string of the molecule is CC1(CN)CCN(C(=O)CCCOc2ccccc2Br)C1. The first-order valence-corrected chi connectivity index (χ1v) is 8.18. The van der Waals surface area contributed by atoms with Gasteiger partial charge in [-0.15, -0.1) is 0 Å². The summed E-state index contributed by atoms with van der Waals surface area (Å²) in [4.78, 5) is 14.1. The second-order valence-electron chi connectivity index (χ2n) is 5.96. The molecule has 0 radical (unpaired) electrons. The van der Waals surface area contributed by atoms with E-state index >= 15 is 0 Å². The van der Waals surface area contributed by atoms with Gasteiger partial charge in [-0.25, -0.2) is 0 Å². The van der Waals surface area contributed by atoms with E-state index < -0.39 is 0 Å². The van der Waals surface area contributed by atoms with Crippen molar-refractivity contribution in [2.24, 2.45) is 11.1 Å². The molecule has 0 spiro atoms. The van der Waals surface area contributed by atoms with E-state index in [4.69, 9.17) is 10.5 Å². The van der Waals surface area contributed by atoms with Crippen LogP contribution in [0.2, 0.25) is 0 Å². The molecule has 21 heavy (non-hydrogen) atoms. The average Bonchev–Trinajstić information content (AvgIpc) is 2.88. The van der Waals surface area contributed by atoms with Gasteiger partial charge < -0.3 is 15.4 Å². The molecular formula is C16H23BrN2O2. The summed E-state index contributed by atoms with van der Waals surface area (Å²) < 4.78 is 6.61. The van der Waals surface area contributed by atoms with Crippen molar-refractivity contribution in [2.75, 3.05) is 26.2 Å². The lowest BCUT2D eigenvalue weighted by Gasteiger charge is -2.22. The second-order valence-corrected chi connectivity index (χ2v) is 6.82. The van der Waals surface area contributed by atoms with Crippen molar-refractivity contribution in [3.63, 3.8) is 0 Å². The maximum atomic E-state index is 12.1. The first-order chi connectivity index (χ1) is 10.0. The maximum Gasteiger partial charge on any atom is 0.222 e. The molecule has 2 rings (SSSR count). The summed E-state index contributed by atoms with van der Waals surface area (Å²) >= 11 is 3.44. The number of benzene rings is 1. The number of nitrogens with two attached hydrogens (primary N) is 1. The quantitative estimate of drug-likeness (QED) is 0.799. The predicted octanol–water partition coefficient (Wildman–Crippen LogP) is 2.81. The fourth-order valence-electron chi connectivity index (χ4n) is 2.53. The highest BCUT2D eigenvalue weighted by Crippen LogP contribution is 2.29. The van der Waals surface area contributed by atoms with Gasteiger partial charge in [0.2, 0.25) is 5.91 Å². The summed E-state index contributed by atoms with van der Waals surface area (Å²) in [5.41, 5.74) is 5.87. The Labute approximate surface area is 134 Å². The van der Waals surface area contributed by atoms with E-state index in [1.165, 1.54) is 0 Å². The lowest BCUT2D eigenvalue weighted by Crippen LogP contribution is -2.34. The van der Waals surface area contributed by atoms with E-state index in [1.807, 2.05) is 29.2 Å². The fraction of sp³-hybridized carbons (Fsp3) is 0.562. The van der Waals surface area contributed by atoms with Crippen molar-refractivity contribution in [1.29, 1.82) is 0 Å². The van der Waals surface area contributed by atoms with E-state index in [9.17, 15) is 4.79 Å². The number of amides is 1. The van der Waals surface area contributed by atoms with Crippen LogP contribution < -0.4 is 10.5 Å². The molecule has 116 valence electrons. The average molecular weight is 355 g/mol. The highest BCUT2D eigenvalue weighted by molar-refractivity contribution is 9.10. The van der Waals surface area contributed by atoms with Crippen LogP contribution in [0.1, 0.15) is 26.2 Å². The number of halogens is 1. The van der Waals surface area contributed by atoms with Crippen molar-refractivity contribution >= 4 is 21.8 Å². The zero-order chi connectivity index (χ0) is 15.3. The molecule has 1 aliphatic heterocycles. The Bertz CT molecular complexity index is 495. The Balaban J connectivity index is 1.70. The van der Waals surface area contributed by atoms with Gasteiger partial charge >= 0.3 is 0 Å². The minimum Gasteiger partial charge on any atom is -0.492 e. The third kappa shape index (κ3) is 4.45. The van der Waals surface area contributed by atoms with Crippen molar-refractivity contribution < 1.29 is 9.53 Å². The summed E-state index contributed by atoms with van der Waals surface area (Å²) in [6.07, 6.45) is 2.27. The van der Waals surface area contributed by atoms with Crippen LogP contribution in [0.15, 0.2) is 28.7 Å². The third-order valence-corrected chi connectivity index (χ3v) is 4.69. The molecule has 1 saturated heterocycles. The second kappa shape index (κ2) is 7.27. The van der Waals surface area contributed by atoms with Crippen molar-refractivity contribution in [3.8, 4) is 5.75 Å². The summed E-state index contributed by atoms with van der Waals surface area (Å²) in [6.45, 7) is 4.96. The molecule has 0 aromatic heterocycles. The van der Waals surface area contributed by atoms with Gasteiger partial charge in [0.15, 0.2) is 0 Å². The Hall–Kier alpha value is -1.07. The van der Waals surface area contributed by atoms with Crippen molar-refractivity contribution in [1.82, 2.24) is 4.90 Å². The van der Waals surface area contributed by atoms with Gasteiger partial charge in [0, 0.05) is 19.5 Å².